The van der Waals surface area contributed by atoms with Crippen molar-refractivity contribution in [1.82, 2.24) is 19.5 Å². The van der Waals surface area contributed by atoms with Gasteiger partial charge in [-0.05, 0) is 25.0 Å². The van der Waals surface area contributed by atoms with Crippen molar-refractivity contribution in [1.29, 1.82) is 0 Å². The van der Waals surface area contributed by atoms with E-state index in [0.29, 0.717) is 23.1 Å². The topological polar surface area (TPSA) is 63.9 Å². The number of nitrogens with zero attached hydrogens (tertiary/aromatic N) is 5. The predicted octanol–water partition coefficient (Wildman–Crippen LogP) is 2.18. The van der Waals surface area contributed by atoms with Crippen LogP contribution in [0.5, 0.6) is 0 Å². The van der Waals surface area contributed by atoms with E-state index in [0.717, 1.165) is 9.71 Å². The molecule has 0 atom stereocenters. The van der Waals surface area contributed by atoms with Crippen LogP contribution in [0.15, 0.2) is 29.3 Å². The van der Waals surface area contributed by atoms with Gasteiger partial charge in [-0.3, -0.25) is 4.98 Å². The van der Waals surface area contributed by atoms with Gasteiger partial charge >= 0.3 is 5.69 Å². The molecule has 4 rings (SSSR count). The van der Waals surface area contributed by atoms with Gasteiger partial charge in [0.2, 0.25) is 0 Å². The first-order chi connectivity index (χ1) is 10.6. The van der Waals surface area contributed by atoms with Crippen molar-refractivity contribution < 1.29 is 0 Å². The number of anilines is 1. The highest BCUT2D eigenvalue weighted by molar-refractivity contribution is 7.19. The summed E-state index contributed by atoms with van der Waals surface area (Å²) in [6, 6.07) is 3.66. The summed E-state index contributed by atoms with van der Waals surface area (Å²) in [6.45, 7) is 0. The zero-order chi connectivity index (χ0) is 15.3. The molecule has 0 N–H and O–H groups in total. The van der Waals surface area contributed by atoms with E-state index in [1.54, 1.807) is 28.3 Å². The number of hydrogen-bond acceptors (Lipinski definition) is 6. The minimum absolute atomic E-state index is 0.322. The highest BCUT2D eigenvalue weighted by Gasteiger charge is 2.29. The standard InChI is InChI=1S/C15H15N5OS/c1-19(2)12-11-13(17-14(22-11)9-5-6-9)20(15(21)18-12)10-4-3-7-16-8-10/h3-4,7-9H,5-6H2,1-2H3. The van der Waals surface area contributed by atoms with Gasteiger partial charge in [0.05, 0.1) is 16.9 Å². The second kappa shape index (κ2) is 4.88. The molecular weight excluding hydrogens is 298 g/mol. The predicted molar refractivity (Wildman–Crippen MR) is 87.1 cm³/mol. The number of pyridine rings is 1. The van der Waals surface area contributed by atoms with Crippen LogP contribution in [0.1, 0.15) is 23.8 Å². The highest BCUT2D eigenvalue weighted by atomic mass is 32.1. The molecule has 0 aliphatic heterocycles. The molecule has 1 aliphatic rings. The molecule has 112 valence electrons. The molecule has 0 aromatic carbocycles. The van der Waals surface area contributed by atoms with Crippen LogP contribution in [0, 0.1) is 0 Å². The van der Waals surface area contributed by atoms with Crippen molar-refractivity contribution in [2.75, 3.05) is 19.0 Å². The minimum Gasteiger partial charge on any atom is -0.361 e. The summed E-state index contributed by atoms with van der Waals surface area (Å²) in [7, 11) is 3.79. The maximum absolute atomic E-state index is 12.5. The number of hydrogen-bond donors (Lipinski definition) is 0. The average molecular weight is 313 g/mol. The van der Waals surface area contributed by atoms with Gasteiger partial charge in [-0.15, -0.1) is 11.3 Å². The van der Waals surface area contributed by atoms with Gasteiger partial charge in [0, 0.05) is 26.2 Å². The lowest BCUT2D eigenvalue weighted by atomic mass is 10.4. The molecule has 0 radical (unpaired) electrons. The van der Waals surface area contributed by atoms with E-state index in [4.69, 9.17) is 4.98 Å². The van der Waals surface area contributed by atoms with Crippen molar-refractivity contribution in [3.8, 4) is 5.69 Å². The largest absolute Gasteiger partial charge is 0.361 e. The van der Waals surface area contributed by atoms with Gasteiger partial charge in [-0.1, -0.05) is 0 Å². The fourth-order valence-electron chi connectivity index (χ4n) is 2.43. The third kappa shape index (κ3) is 2.09. The summed E-state index contributed by atoms with van der Waals surface area (Å²) < 4.78 is 2.51. The van der Waals surface area contributed by atoms with E-state index in [9.17, 15) is 4.79 Å². The van der Waals surface area contributed by atoms with Crippen molar-refractivity contribution in [2.45, 2.75) is 18.8 Å². The highest BCUT2D eigenvalue weighted by Crippen LogP contribution is 2.44. The molecule has 0 bridgehead atoms. The van der Waals surface area contributed by atoms with Gasteiger partial charge in [-0.25, -0.2) is 14.3 Å². The maximum Gasteiger partial charge on any atom is 0.355 e. The Bertz CT molecular complexity index is 895. The van der Waals surface area contributed by atoms with Gasteiger partial charge in [0.25, 0.3) is 0 Å². The Morgan fingerprint density at radius 1 is 1.32 bits per heavy atom. The summed E-state index contributed by atoms with van der Waals surface area (Å²) >= 11 is 1.64. The van der Waals surface area contributed by atoms with E-state index in [-0.39, 0.29) is 5.69 Å². The molecule has 1 saturated carbocycles. The molecule has 0 unspecified atom stereocenters. The SMILES string of the molecule is CN(C)c1nc(=O)n(-c2cccnc2)c2nc(C3CC3)sc12. The van der Waals surface area contributed by atoms with Crippen LogP contribution in [0.4, 0.5) is 5.82 Å². The fourth-order valence-corrected chi connectivity index (χ4v) is 3.73. The Balaban J connectivity index is 2.06. The molecule has 3 aromatic heterocycles. The third-order valence-electron chi connectivity index (χ3n) is 3.69. The normalized spacial score (nSPS) is 14.5. The zero-order valence-electron chi connectivity index (χ0n) is 12.4. The van der Waals surface area contributed by atoms with Crippen LogP contribution in [-0.2, 0) is 0 Å². The molecule has 0 saturated heterocycles. The van der Waals surface area contributed by atoms with Crippen molar-refractivity contribution in [3.63, 3.8) is 0 Å². The Morgan fingerprint density at radius 3 is 2.77 bits per heavy atom. The molecule has 0 spiro atoms. The summed E-state index contributed by atoms with van der Waals surface area (Å²) in [4.78, 5) is 27.5. The summed E-state index contributed by atoms with van der Waals surface area (Å²) in [5.74, 6) is 1.23. The van der Waals surface area contributed by atoms with Gasteiger partial charge in [0.15, 0.2) is 11.5 Å². The smallest absolute Gasteiger partial charge is 0.355 e. The van der Waals surface area contributed by atoms with E-state index in [1.165, 1.54) is 12.8 Å². The van der Waals surface area contributed by atoms with Crippen LogP contribution < -0.4 is 10.6 Å². The molecule has 22 heavy (non-hydrogen) atoms. The van der Waals surface area contributed by atoms with Crippen LogP contribution in [0.3, 0.4) is 0 Å². The first-order valence-corrected chi connectivity index (χ1v) is 7.98. The Kier molecular flexibility index (Phi) is 2.97. The van der Waals surface area contributed by atoms with E-state index in [2.05, 4.69) is 9.97 Å². The van der Waals surface area contributed by atoms with Gasteiger partial charge in [0.1, 0.15) is 4.70 Å². The first-order valence-electron chi connectivity index (χ1n) is 7.16. The summed E-state index contributed by atoms with van der Waals surface area (Å²) in [5.41, 5.74) is 1.06. The second-order valence-corrected chi connectivity index (χ2v) is 6.67. The molecule has 6 nitrogen and oxygen atoms in total. The lowest BCUT2D eigenvalue weighted by Gasteiger charge is -2.13. The van der Waals surface area contributed by atoms with Crippen LogP contribution in [0.25, 0.3) is 16.0 Å². The van der Waals surface area contributed by atoms with Gasteiger partial charge in [-0.2, -0.15) is 4.98 Å². The lowest BCUT2D eigenvalue weighted by molar-refractivity contribution is 0.916. The van der Waals surface area contributed by atoms with Crippen LogP contribution >= 0.6 is 11.3 Å². The van der Waals surface area contributed by atoms with Crippen molar-refractivity contribution in [2.24, 2.45) is 0 Å². The maximum atomic E-state index is 12.5. The van der Waals surface area contributed by atoms with E-state index >= 15 is 0 Å². The molecular formula is C15H15N5OS. The third-order valence-corrected chi connectivity index (χ3v) is 4.89. The van der Waals surface area contributed by atoms with Crippen molar-refractivity contribution >= 4 is 27.5 Å². The fraction of sp³-hybridized carbons (Fsp3) is 0.333. The Labute approximate surface area is 131 Å². The molecule has 3 heterocycles. The van der Waals surface area contributed by atoms with E-state index in [1.807, 2.05) is 31.1 Å². The zero-order valence-corrected chi connectivity index (χ0v) is 13.2. The van der Waals surface area contributed by atoms with Gasteiger partial charge < -0.3 is 4.90 Å². The minimum atomic E-state index is -0.322. The number of fused-ring (bicyclic) bond motifs is 1. The lowest BCUT2D eigenvalue weighted by Crippen LogP contribution is -2.25. The Morgan fingerprint density at radius 2 is 2.14 bits per heavy atom. The molecule has 3 aromatic rings. The molecule has 1 aliphatic carbocycles. The van der Waals surface area contributed by atoms with E-state index < -0.39 is 0 Å². The van der Waals surface area contributed by atoms with Crippen LogP contribution in [0.2, 0.25) is 0 Å². The monoisotopic (exact) mass is 313 g/mol. The number of rotatable bonds is 3. The Hall–Kier alpha value is -2.28. The average Bonchev–Trinajstić information content (AvgIpc) is 3.27. The molecule has 7 heteroatoms. The molecule has 0 amide bonds. The summed E-state index contributed by atoms with van der Waals surface area (Å²) in [6.07, 6.45) is 5.71. The quantitative estimate of drug-likeness (QED) is 0.741. The number of thiazole rings is 1. The first kappa shape index (κ1) is 13.4. The summed E-state index contributed by atoms with van der Waals surface area (Å²) in [5, 5.41) is 1.10. The molecule has 1 fully saturated rings. The van der Waals surface area contributed by atoms with Crippen LogP contribution in [-0.4, -0.2) is 33.6 Å². The number of aromatic nitrogens is 4. The second-order valence-electron chi connectivity index (χ2n) is 5.64. The van der Waals surface area contributed by atoms with Crippen molar-refractivity contribution in [3.05, 3.63) is 40.0 Å².